The number of nitrogens with zero attached hydrogens (tertiary/aromatic N) is 1. The molecule has 1 aliphatic heterocycles. The summed E-state index contributed by atoms with van der Waals surface area (Å²) in [5.41, 5.74) is -0.267. The fourth-order valence-electron chi connectivity index (χ4n) is 4.37. The van der Waals surface area contributed by atoms with Gasteiger partial charge in [-0.05, 0) is 28.1 Å². The van der Waals surface area contributed by atoms with Gasteiger partial charge in [-0.3, -0.25) is 4.79 Å². The Bertz CT molecular complexity index is 1030. The summed E-state index contributed by atoms with van der Waals surface area (Å²) in [4.78, 5) is 15.5. The first-order valence-corrected chi connectivity index (χ1v) is 11.4. The van der Waals surface area contributed by atoms with Crippen LogP contribution in [0.2, 0.25) is 0 Å². The first-order chi connectivity index (χ1) is 14.6. The maximum atomic E-state index is 13.2. The molecule has 1 unspecified atom stereocenters. The zero-order chi connectivity index (χ0) is 22.4. The van der Waals surface area contributed by atoms with E-state index < -0.39 is 22.7 Å². The van der Waals surface area contributed by atoms with Crippen molar-refractivity contribution in [1.29, 1.82) is 0 Å². The number of thiophene rings is 1. The van der Waals surface area contributed by atoms with Gasteiger partial charge in [-0.15, -0.1) is 11.3 Å². The van der Waals surface area contributed by atoms with Crippen LogP contribution in [-0.2, 0) is 16.9 Å². The Labute approximate surface area is 187 Å². The van der Waals surface area contributed by atoms with Crippen LogP contribution in [0.4, 0.5) is 0 Å². The van der Waals surface area contributed by atoms with Crippen LogP contribution < -0.4 is 0 Å². The summed E-state index contributed by atoms with van der Waals surface area (Å²) in [5, 5.41) is 25.1. The fourth-order valence-corrected chi connectivity index (χ4v) is 5.42. The van der Waals surface area contributed by atoms with Gasteiger partial charge in [0.1, 0.15) is 11.8 Å². The highest BCUT2D eigenvalue weighted by Gasteiger charge is 2.58. The molecule has 4 nitrogen and oxygen atoms in total. The largest absolute Gasteiger partial charge is 0.375 e. The van der Waals surface area contributed by atoms with Crippen molar-refractivity contribution in [2.75, 3.05) is 0 Å². The van der Waals surface area contributed by atoms with Crippen molar-refractivity contribution in [2.24, 2.45) is 10.8 Å². The molecular weight excluding hydrogens is 406 g/mol. The number of aliphatic hydroxyl groups is 2. The average Bonchev–Trinajstić information content (AvgIpc) is 3.29. The number of benzene rings is 2. The van der Waals surface area contributed by atoms with Crippen molar-refractivity contribution in [1.82, 2.24) is 4.90 Å². The third kappa shape index (κ3) is 3.23. The number of carbonyl (C=O) groups is 1. The van der Waals surface area contributed by atoms with E-state index in [1.54, 1.807) is 4.90 Å². The van der Waals surface area contributed by atoms with Gasteiger partial charge in [0, 0.05) is 12.0 Å². The molecule has 2 N–H and O–H groups in total. The van der Waals surface area contributed by atoms with Crippen LogP contribution in [0.3, 0.4) is 0 Å². The van der Waals surface area contributed by atoms with Crippen molar-refractivity contribution in [3.8, 4) is 0 Å². The molecule has 2 heterocycles. The number of rotatable bonds is 5. The zero-order valence-electron chi connectivity index (χ0n) is 18.4. The molecule has 0 spiro atoms. The molecule has 1 aromatic heterocycles. The number of likely N-dealkylation sites (tertiary alicyclic amines) is 1. The minimum Gasteiger partial charge on any atom is -0.375 e. The number of amides is 1. The highest BCUT2D eigenvalue weighted by molar-refractivity contribution is 7.10. The molecule has 5 heteroatoms. The van der Waals surface area contributed by atoms with Crippen LogP contribution in [-0.4, -0.2) is 27.2 Å². The number of aliphatic hydroxyl groups excluding tert-OH is 1. The molecule has 0 bridgehead atoms. The second kappa shape index (κ2) is 7.59. The molecule has 0 saturated carbocycles. The summed E-state index contributed by atoms with van der Waals surface area (Å²) in [6, 6.07) is 21.1. The second-order valence-corrected chi connectivity index (χ2v) is 10.3. The monoisotopic (exact) mass is 435 g/mol. The number of hydrogen-bond acceptors (Lipinski definition) is 4. The highest BCUT2D eigenvalue weighted by atomic mass is 32.1. The Hall–Kier alpha value is -2.47. The first kappa shape index (κ1) is 21.8. The van der Waals surface area contributed by atoms with Crippen LogP contribution in [0.15, 0.2) is 72.1 Å². The van der Waals surface area contributed by atoms with Crippen LogP contribution in [0.5, 0.6) is 0 Å². The third-order valence-corrected chi connectivity index (χ3v) is 8.21. The van der Waals surface area contributed by atoms with Crippen molar-refractivity contribution in [3.05, 3.63) is 93.7 Å². The molecule has 0 aliphatic carbocycles. The van der Waals surface area contributed by atoms with Crippen molar-refractivity contribution in [2.45, 2.75) is 46.1 Å². The van der Waals surface area contributed by atoms with E-state index in [4.69, 9.17) is 0 Å². The van der Waals surface area contributed by atoms with Gasteiger partial charge in [0.2, 0.25) is 5.91 Å². The molecule has 1 aliphatic rings. The lowest BCUT2D eigenvalue weighted by molar-refractivity contribution is -0.139. The van der Waals surface area contributed by atoms with E-state index in [0.717, 1.165) is 21.6 Å². The van der Waals surface area contributed by atoms with Gasteiger partial charge in [0.25, 0.3) is 0 Å². The maximum Gasteiger partial charge on any atom is 0.231 e. The summed E-state index contributed by atoms with van der Waals surface area (Å²) in [6.07, 6.45) is -0.899. The second-order valence-electron chi connectivity index (χ2n) is 9.37. The Morgan fingerprint density at radius 3 is 1.90 bits per heavy atom. The normalized spacial score (nSPS) is 20.3. The molecule has 1 fully saturated rings. The average molecular weight is 436 g/mol. The fraction of sp³-hybridized carbons (Fsp3) is 0.346. The Balaban J connectivity index is 1.80. The molecule has 1 atom stereocenters. The topological polar surface area (TPSA) is 60.8 Å². The first-order valence-electron chi connectivity index (χ1n) is 10.5. The predicted octanol–water partition coefficient (Wildman–Crippen LogP) is 4.75. The minimum atomic E-state index is -1.36. The quantitative estimate of drug-likeness (QED) is 0.608. The lowest BCUT2D eigenvalue weighted by Crippen LogP contribution is -2.39. The predicted molar refractivity (Wildman–Crippen MR) is 123 cm³/mol. The van der Waals surface area contributed by atoms with Crippen LogP contribution in [0.1, 0.15) is 49.3 Å². The molecular formula is C26H29NO3S. The van der Waals surface area contributed by atoms with Gasteiger partial charge in [0.15, 0.2) is 0 Å². The lowest BCUT2D eigenvalue weighted by Gasteiger charge is -2.33. The van der Waals surface area contributed by atoms with E-state index in [-0.39, 0.29) is 12.5 Å². The SMILES string of the molecule is CC1(C)C(=O)N(Cc2ccsc2C(O)(c2ccccc2)c2ccccc2)C(O)C1(C)C. The maximum absolute atomic E-state index is 13.2. The van der Waals surface area contributed by atoms with Crippen molar-refractivity contribution < 1.29 is 15.0 Å². The summed E-state index contributed by atoms with van der Waals surface area (Å²) in [5.74, 6) is -0.0786. The van der Waals surface area contributed by atoms with Gasteiger partial charge < -0.3 is 15.1 Å². The van der Waals surface area contributed by atoms with Gasteiger partial charge >= 0.3 is 0 Å². The molecule has 2 aromatic carbocycles. The lowest BCUT2D eigenvalue weighted by atomic mass is 9.69. The highest BCUT2D eigenvalue weighted by Crippen LogP contribution is 2.51. The van der Waals surface area contributed by atoms with E-state index >= 15 is 0 Å². The van der Waals surface area contributed by atoms with Gasteiger partial charge in [0.05, 0.1) is 10.3 Å². The summed E-state index contributed by atoms with van der Waals surface area (Å²) in [7, 11) is 0. The van der Waals surface area contributed by atoms with Crippen molar-refractivity contribution in [3.63, 3.8) is 0 Å². The van der Waals surface area contributed by atoms with Crippen LogP contribution in [0, 0.1) is 10.8 Å². The van der Waals surface area contributed by atoms with E-state index in [9.17, 15) is 15.0 Å². The van der Waals surface area contributed by atoms with E-state index in [1.165, 1.54) is 11.3 Å². The van der Waals surface area contributed by atoms with Gasteiger partial charge in [-0.25, -0.2) is 0 Å². The van der Waals surface area contributed by atoms with E-state index in [2.05, 4.69) is 0 Å². The van der Waals surface area contributed by atoms with Gasteiger partial charge in [-0.1, -0.05) is 88.4 Å². The smallest absolute Gasteiger partial charge is 0.231 e. The summed E-state index contributed by atoms with van der Waals surface area (Å²) in [6.45, 7) is 7.87. The minimum absolute atomic E-state index is 0.0786. The van der Waals surface area contributed by atoms with E-state index in [0.29, 0.717) is 0 Å². The molecule has 162 valence electrons. The van der Waals surface area contributed by atoms with Crippen molar-refractivity contribution >= 4 is 17.2 Å². The summed E-state index contributed by atoms with van der Waals surface area (Å²) < 4.78 is 0. The summed E-state index contributed by atoms with van der Waals surface area (Å²) >= 11 is 1.46. The Kier molecular flexibility index (Phi) is 5.32. The molecule has 0 radical (unpaired) electrons. The van der Waals surface area contributed by atoms with E-state index in [1.807, 2.05) is 99.8 Å². The standard InChI is InChI=1S/C26H29NO3S/c1-24(2)22(28)27(23(29)25(24,3)4)17-18-15-16-31-21(18)26(30,19-11-7-5-8-12-19)20-13-9-6-10-14-20/h5-16,22,28,30H,17H2,1-4H3. The molecule has 31 heavy (non-hydrogen) atoms. The molecule has 1 amide bonds. The molecule has 1 saturated heterocycles. The number of carbonyl (C=O) groups excluding carboxylic acids is 1. The molecule has 4 rings (SSSR count). The Morgan fingerprint density at radius 2 is 1.45 bits per heavy atom. The van der Waals surface area contributed by atoms with Crippen LogP contribution >= 0.6 is 11.3 Å². The van der Waals surface area contributed by atoms with Crippen LogP contribution in [0.25, 0.3) is 0 Å². The Morgan fingerprint density at radius 1 is 0.935 bits per heavy atom. The number of hydrogen-bond donors (Lipinski definition) is 2. The third-order valence-electron chi connectivity index (χ3n) is 7.15. The zero-order valence-corrected chi connectivity index (χ0v) is 19.2. The van der Waals surface area contributed by atoms with Gasteiger partial charge in [-0.2, -0.15) is 0 Å². The molecule has 3 aromatic rings.